The Morgan fingerprint density at radius 2 is 2.38 bits per heavy atom. The van der Waals surface area contributed by atoms with Gasteiger partial charge in [-0.1, -0.05) is 6.07 Å². The van der Waals surface area contributed by atoms with Crippen LogP contribution in [0.1, 0.15) is 17.5 Å². The third kappa shape index (κ3) is 4.31. The molecule has 21 heavy (non-hydrogen) atoms. The Hall–Kier alpha value is -1.85. The lowest BCUT2D eigenvalue weighted by Gasteiger charge is -2.23. The van der Waals surface area contributed by atoms with Crippen LogP contribution in [0.4, 0.5) is 0 Å². The first-order valence-electron chi connectivity index (χ1n) is 6.96. The fourth-order valence-electron chi connectivity index (χ4n) is 2.46. The molecule has 0 saturated carbocycles. The van der Waals surface area contributed by atoms with Crippen LogP contribution in [-0.2, 0) is 16.1 Å². The lowest BCUT2D eigenvalue weighted by atomic mass is 10.1. The van der Waals surface area contributed by atoms with E-state index in [0.29, 0.717) is 11.8 Å². The molecular formula is C16H21NO4. The van der Waals surface area contributed by atoms with Gasteiger partial charge in [0.1, 0.15) is 5.75 Å². The van der Waals surface area contributed by atoms with Gasteiger partial charge in [0.15, 0.2) is 0 Å². The standard InChI is InChI=1S/C16H21NO4/c1-17(14-7-8-21-11-14)10-12-3-5-15(20-2)13(9-12)4-6-16(18)19/h3-6,9,14H,7-8,10-11H2,1-2H3,(H,18,19)/b6-4+. The van der Waals surface area contributed by atoms with E-state index in [1.807, 2.05) is 18.2 Å². The molecule has 1 aliphatic rings. The second-order valence-electron chi connectivity index (χ2n) is 5.18. The van der Waals surface area contributed by atoms with Crippen molar-refractivity contribution in [2.24, 2.45) is 0 Å². The Balaban J connectivity index is 2.12. The number of nitrogens with zero attached hydrogens (tertiary/aromatic N) is 1. The summed E-state index contributed by atoms with van der Waals surface area (Å²) >= 11 is 0. The number of hydrogen-bond donors (Lipinski definition) is 1. The van der Waals surface area contributed by atoms with Gasteiger partial charge in [-0.05, 0) is 37.2 Å². The molecule has 1 unspecified atom stereocenters. The quantitative estimate of drug-likeness (QED) is 0.813. The summed E-state index contributed by atoms with van der Waals surface area (Å²) in [6.45, 7) is 2.40. The average Bonchev–Trinajstić information content (AvgIpc) is 2.99. The van der Waals surface area contributed by atoms with Gasteiger partial charge < -0.3 is 14.6 Å². The van der Waals surface area contributed by atoms with E-state index in [4.69, 9.17) is 14.6 Å². The number of methoxy groups -OCH3 is 1. The van der Waals surface area contributed by atoms with Crippen LogP contribution in [-0.4, -0.2) is 49.4 Å². The van der Waals surface area contributed by atoms with E-state index >= 15 is 0 Å². The molecule has 1 fully saturated rings. The molecular weight excluding hydrogens is 270 g/mol. The van der Waals surface area contributed by atoms with Gasteiger partial charge in [0.25, 0.3) is 0 Å². The molecule has 0 spiro atoms. The third-order valence-corrected chi connectivity index (χ3v) is 3.66. The highest BCUT2D eigenvalue weighted by Crippen LogP contribution is 2.23. The number of carboxylic acid groups (broad SMARTS) is 1. The van der Waals surface area contributed by atoms with Crippen molar-refractivity contribution >= 4 is 12.0 Å². The fourth-order valence-corrected chi connectivity index (χ4v) is 2.46. The van der Waals surface area contributed by atoms with Crippen LogP contribution in [0.2, 0.25) is 0 Å². The maximum absolute atomic E-state index is 10.7. The zero-order valence-corrected chi connectivity index (χ0v) is 12.4. The molecule has 1 heterocycles. The maximum Gasteiger partial charge on any atom is 0.328 e. The van der Waals surface area contributed by atoms with Crippen molar-refractivity contribution in [3.8, 4) is 5.75 Å². The van der Waals surface area contributed by atoms with Gasteiger partial charge in [-0.25, -0.2) is 4.79 Å². The van der Waals surface area contributed by atoms with Crippen LogP contribution in [0.15, 0.2) is 24.3 Å². The minimum Gasteiger partial charge on any atom is -0.496 e. The lowest BCUT2D eigenvalue weighted by molar-refractivity contribution is -0.131. The van der Waals surface area contributed by atoms with Gasteiger partial charge >= 0.3 is 5.97 Å². The number of carboxylic acids is 1. The summed E-state index contributed by atoms with van der Waals surface area (Å²) in [5.74, 6) is -0.300. The molecule has 1 aromatic rings. The first kappa shape index (κ1) is 15.5. The number of likely N-dealkylation sites (N-methyl/N-ethyl adjacent to an activating group) is 1. The van der Waals surface area contributed by atoms with Crippen LogP contribution >= 0.6 is 0 Å². The van der Waals surface area contributed by atoms with Crippen LogP contribution in [0.3, 0.4) is 0 Å². The van der Waals surface area contributed by atoms with E-state index in [1.165, 1.54) is 0 Å². The largest absolute Gasteiger partial charge is 0.496 e. The highest BCUT2D eigenvalue weighted by atomic mass is 16.5. The van der Waals surface area contributed by atoms with E-state index < -0.39 is 5.97 Å². The van der Waals surface area contributed by atoms with Crippen LogP contribution in [0, 0.1) is 0 Å². The molecule has 1 atom stereocenters. The topological polar surface area (TPSA) is 59.0 Å². The minimum atomic E-state index is -0.970. The van der Waals surface area contributed by atoms with Crippen molar-refractivity contribution in [2.75, 3.05) is 27.4 Å². The molecule has 0 amide bonds. The molecule has 0 radical (unpaired) electrons. The van der Waals surface area contributed by atoms with Crippen molar-refractivity contribution in [2.45, 2.75) is 19.0 Å². The molecule has 0 bridgehead atoms. The Kier molecular flexibility index (Phi) is 5.36. The molecule has 2 rings (SSSR count). The van der Waals surface area contributed by atoms with Gasteiger partial charge in [0, 0.05) is 30.8 Å². The predicted octanol–water partition coefficient (Wildman–Crippen LogP) is 2.01. The summed E-state index contributed by atoms with van der Waals surface area (Å²) in [7, 11) is 3.66. The van der Waals surface area contributed by atoms with Gasteiger partial charge in [0.05, 0.1) is 13.7 Å². The van der Waals surface area contributed by atoms with Gasteiger partial charge in [-0.15, -0.1) is 0 Å². The van der Waals surface area contributed by atoms with Gasteiger partial charge in [-0.3, -0.25) is 4.90 Å². The maximum atomic E-state index is 10.7. The summed E-state index contributed by atoms with van der Waals surface area (Å²) in [6, 6.07) is 6.29. The first-order chi connectivity index (χ1) is 10.1. The fraction of sp³-hybridized carbons (Fsp3) is 0.438. The smallest absolute Gasteiger partial charge is 0.328 e. The zero-order chi connectivity index (χ0) is 15.2. The molecule has 0 aliphatic carbocycles. The number of rotatable bonds is 6. The van der Waals surface area contributed by atoms with Crippen LogP contribution < -0.4 is 4.74 Å². The van der Waals surface area contributed by atoms with Crippen molar-refractivity contribution in [3.05, 3.63) is 35.4 Å². The number of hydrogen-bond acceptors (Lipinski definition) is 4. The number of benzene rings is 1. The molecule has 114 valence electrons. The van der Waals surface area contributed by atoms with Crippen molar-refractivity contribution < 1.29 is 19.4 Å². The van der Waals surface area contributed by atoms with Gasteiger partial charge in [-0.2, -0.15) is 0 Å². The monoisotopic (exact) mass is 291 g/mol. The number of ether oxygens (including phenoxy) is 2. The van der Waals surface area contributed by atoms with Crippen molar-refractivity contribution in [1.82, 2.24) is 4.90 Å². The van der Waals surface area contributed by atoms with Crippen LogP contribution in [0.5, 0.6) is 5.75 Å². The average molecular weight is 291 g/mol. The molecule has 5 nitrogen and oxygen atoms in total. The Morgan fingerprint density at radius 1 is 1.57 bits per heavy atom. The van der Waals surface area contributed by atoms with Crippen molar-refractivity contribution in [3.63, 3.8) is 0 Å². The van der Waals surface area contributed by atoms with E-state index in [2.05, 4.69) is 11.9 Å². The SMILES string of the molecule is COc1ccc(CN(C)C2CCOC2)cc1/C=C/C(=O)O. The van der Waals surface area contributed by atoms with E-state index in [9.17, 15) is 4.79 Å². The third-order valence-electron chi connectivity index (χ3n) is 3.66. The predicted molar refractivity (Wildman–Crippen MR) is 80.4 cm³/mol. The summed E-state index contributed by atoms with van der Waals surface area (Å²) in [6.07, 6.45) is 3.73. The summed E-state index contributed by atoms with van der Waals surface area (Å²) < 4.78 is 10.7. The second kappa shape index (κ2) is 7.24. The lowest BCUT2D eigenvalue weighted by Crippen LogP contribution is -2.31. The molecule has 1 aliphatic heterocycles. The van der Waals surface area contributed by atoms with E-state index in [0.717, 1.165) is 43.4 Å². The molecule has 5 heteroatoms. The Morgan fingerprint density at radius 3 is 3.00 bits per heavy atom. The van der Waals surface area contributed by atoms with Gasteiger partial charge in [0.2, 0.25) is 0 Å². The minimum absolute atomic E-state index is 0.449. The number of carbonyl (C=O) groups is 1. The van der Waals surface area contributed by atoms with Crippen molar-refractivity contribution in [1.29, 1.82) is 0 Å². The highest BCUT2D eigenvalue weighted by Gasteiger charge is 2.20. The van der Waals surface area contributed by atoms with E-state index in [-0.39, 0.29) is 0 Å². The first-order valence-corrected chi connectivity index (χ1v) is 6.96. The highest BCUT2D eigenvalue weighted by molar-refractivity contribution is 5.85. The van der Waals surface area contributed by atoms with Crippen LogP contribution in [0.25, 0.3) is 6.08 Å². The summed E-state index contributed by atoms with van der Waals surface area (Å²) in [5, 5.41) is 8.75. The molecule has 0 aromatic heterocycles. The molecule has 1 aromatic carbocycles. The summed E-state index contributed by atoms with van der Waals surface area (Å²) in [5.41, 5.74) is 1.89. The Labute approximate surface area is 124 Å². The van der Waals surface area contributed by atoms with E-state index in [1.54, 1.807) is 13.2 Å². The molecule has 1 N–H and O–H groups in total. The Bertz CT molecular complexity index is 521. The normalized spacial score (nSPS) is 18.5. The molecule has 1 saturated heterocycles. The zero-order valence-electron chi connectivity index (χ0n) is 12.4. The second-order valence-corrected chi connectivity index (χ2v) is 5.18. The number of aliphatic carboxylic acids is 1. The summed E-state index contributed by atoms with van der Waals surface area (Å²) in [4.78, 5) is 12.9.